The van der Waals surface area contributed by atoms with Crippen molar-refractivity contribution in [2.75, 3.05) is 19.2 Å². The zero-order chi connectivity index (χ0) is 18.8. The highest BCUT2D eigenvalue weighted by Gasteiger charge is 2.34. The molecule has 26 heavy (non-hydrogen) atoms. The molecule has 2 N–H and O–H groups in total. The maximum Gasteiger partial charge on any atom is 0.282 e. The number of hydrogen-bond donors (Lipinski definition) is 2. The number of halogens is 1. The molecule has 0 radical (unpaired) electrons. The summed E-state index contributed by atoms with van der Waals surface area (Å²) in [6.45, 7) is 0. The second kappa shape index (κ2) is 6.97. The van der Waals surface area contributed by atoms with E-state index in [0.29, 0.717) is 16.3 Å². The summed E-state index contributed by atoms with van der Waals surface area (Å²) in [4.78, 5) is 24.8. The highest BCUT2D eigenvalue weighted by molar-refractivity contribution is 6.32. The first kappa shape index (κ1) is 17.6. The van der Waals surface area contributed by atoms with Crippen LogP contribution >= 0.6 is 11.6 Å². The minimum atomic E-state index is -0.545. The molecule has 2 aromatic rings. The molecule has 0 atom stereocenters. The molecule has 0 bridgehead atoms. The Bertz CT molecular complexity index is 883. The number of aromatic hydroxyl groups is 1. The summed E-state index contributed by atoms with van der Waals surface area (Å²) >= 11 is 5.84. The normalized spacial score (nSPS) is 15.3. The zero-order valence-corrected chi connectivity index (χ0v) is 14.7. The average Bonchev–Trinajstić information content (AvgIpc) is 2.91. The Hall–Kier alpha value is -3.19. The molecular formula is C18H15ClN2O5. The lowest BCUT2D eigenvalue weighted by atomic mass is 10.1. The lowest BCUT2D eigenvalue weighted by Crippen LogP contribution is -2.35. The number of nitrogens with one attached hydrogen (secondary N) is 1. The van der Waals surface area contributed by atoms with Gasteiger partial charge in [-0.05, 0) is 48.0 Å². The molecule has 2 amide bonds. The van der Waals surface area contributed by atoms with Crippen LogP contribution in [-0.4, -0.2) is 31.1 Å². The maximum atomic E-state index is 12.6. The number of benzene rings is 2. The molecule has 1 aliphatic rings. The number of phenols is 1. The predicted octanol–water partition coefficient (Wildman–Crippen LogP) is 2.52. The van der Waals surface area contributed by atoms with Crippen molar-refractivity contribution in [3.05, 3.63) is 52.6 Å². The number of anilines is 1. The van der Waals surface area contributed by atoms with Crippen molar-refractivity contribution in [3.8, 4) is 17.2 Å². The molecule has 0 aliphatic carbocycles. The third kappa shape index (κ3) is 3.16. The lowest BCUT2D eigenvalue weighted by molar-refractivity contribution is -0.117. The van der Waals surface area contributed by atoms with Crippen LogP contribution in [0.2, 0.25) is 5.02 Å². The first-order chi connectivity index (χ1) is 12.4. The van der Waals surface area contributed by atoms with E-state index in [1.54, 1.807) is 24.3 Å². The number of carbonyl (C=O) groups is 2. The van der Waals surface area contributed by atoms with Crippen LogP contribution in [0.25, 0.3) is 6.08 Å². The van der Waals surface area contributed by atoms with Gasteiger partial charge < -0.3 is 14.6 Å². The van der Waals surface area contributed by atoms with Gasteiger partial charge in [-0.15, -0.1) is 0 Å². The summed E-state index contributed by atoms with van der Waals surface area (Å²) in [7, 11) is 2.78. The molecule has 0 aromatic heterocycles. The Morgan fingerprint density at radius 1 is 1.08 bits per heavy atom. The maximum absolute atomic E-state index is 12.6. The Labute approximate surface area is 154 Å². The first-order valence-corrected chi connectivity index (χ1v) is 7.90. The molecule has 3 rings (SSSR count). The molecule has 1 saturated heterocycles. The second-order valence-corrected chi connectivity index (χ2v) is 5.83. The van der Waals surface area contributed by atoms with E-state index in [2.05, 4.69) is 5.43 Å². The van der Waals surface area contributed by atoms with Gasteiger partial charge in [0.15, 0.2) is 11.5 Å². The number of ether oxygens (including phenoxy) is 2. The third-order valence-corrected chi connectivity index (χ3v) is 4.04. The van der Waals surface area contributed by atoms with Gasteiger partial charge in [-0.25, -0.2) is 5.01 Å². The Morgan fingerprint density at radius 2 is 1.65 bits per heavy atom. The van der Waals surface area contributed by atoms with E-state index >= 15 is 0 Å². The summed E-state index contributed by atoms with van der Waals surface area (Å²) in [6, 6.07) is 9.47. The topological polar surface area (TPSA) is 88.1 Å². The number of hydrogen-bond acceptors (Lipinski definition) is 5. The summed E-state index contributed by atoms with van der Waals surface area (Å²) in [5.41, 5.74) is 3.39. The molecule has 0 unspecified atom stereocenters. The van der Waals surface area contributed by atoms with E-state index in [1.165, 1.54) is 32.4 Å². The standard InChI is InChI=1S/C18H15ClN2O5/c1-25-14-8-10(9-15(26-2)16(14)22)7-13-17(23)20-21(18(13)24)12-5-3-11(19)4-6-12/h3-9,22H,1-2H3,(H,20,23)/b13-7+. The Balaban J connectivity index is 1.97. The highest BCUT2D eigenvalue weighted by Crippen LogP contribution is 2.38. The van der Waals surface area contributed by atoms with Crippen molar-refractivity contribution in [1.29, 1.82) is 0 Å². The van der Waals surface area contributed by atoms with Crippen LogP contribution in [-0.2, 0) is 9.59 Å². The minimum Gasteiger partial charge on any atom is -0.502 e. The van der Waals surface area contributed by atoms with Gasteiger partial charge in [-0.3, -0.25) is 15.0 Å². The minimum absolute atomic E-state index is 0.0604. The molecule has 0 saturated carbocycles. The van der Waals surface area contributed by atoms with E-state index in [0.717, 1.165) is 5.01 Å². The molecule has 1 fully saturated rings. The number of nitrogens with zero attached hydrogens (tertiary/aromatic N) is 1. The van der Waals surface area contributed by atoms with Crippen LogP contribution in [0, 0.1) is 0 Å². The zero-order valence-electron chi connectivity index (χ0n) is 13.9. The van der Waals surface area contributed by atoms with E-state index in [-0.39, 0.29) is 22.8 Å². The van der Waals surface area contributed by atoms with Crippen molar-refractivity contribution < 1.29 is 24.2 Å². The van der Waals surface area contributed by atoms with Crippen LogP contribution in [0.1, 0.15) is 5.56 Å². The average molecular weight is 375 g/mol. The van der Waals surface area contributed by atoms with Crippen molar-refractivity contribution in [1.82, 2.24) is 5.43 Å². The van der Waals surface area contributed by atoms with Gasteiger partial charge in [-0.2, -0.15) is 0 Å². The van der Waals surface area contributed by atoms with Crippen LogP contribution in [0.3, 0.4) is 0 Å². The van der Waals surface area contributed by atoms with Gasteiger partial charge >= 0.3 is 0 Å². The van der Waals surface area contributed by atoms with E-state index in [9.17, 15) is 14.7 Å². The molecule has 0 spiro atoms. The smallest absolute Gasteiger partial charge is 0.282 e. The van der Waals surface area contributed by atoms with E-state index in [4.69, 9.17) is 21.1 Å². The van der Waals surface area contributed by atoms with Crippen LogP contribution in [0.5, 0.6) is 17.2 Å². The molecule has 8 heteroatoms. The molecule has 134 valence electrons. The van der Waals surface area contributed by atoms with Crippen LogP contribution in [0.4, 0.5) is 5.69 Å². The van der Waals surface area contributed by atoms with Gasteiger partial charge in [0.2, 0.25) is 5.75 Å². The Morgan fingerprint density at radius 3 is 2.19 bits per heavy atom. The molecule has 1 heterocycles. The molecule has 2 aromatic carbocycles. The van der Waals surface area contributed by atoms with Gasteiger partial charge in [0, 0.05) is 5.02 Å². The second-order valence-electron chi connectivity index (χ2n) is 5.39. The van der Waals surface area contributed by atoms with Gasteiger partial charge in [0.25, 0.3) is 11.8 Å². The van der Waals surface area contributed by atoms with Crippen LogP contribution in [0.15, 0.2) is 42.0 Å². The SMILES string of the molecule is COc1cc(/C=C2\C(=O)NN(c3ccc(Cl)cc3)C2=O)cc(OC)c1O. The van der Waals surface area contributed by atoms with Gasteiger partial charge in [0.1, 0.15) is 5.57 Å². The van der Waals surface area contributed by atoms with Crippen LogP contribution < -0.4 is 19.9 Å². The summed E-state index contributed by atoms with van der Waals surface area (Å²) in [5.74, 6) is -0.894. The number of carbonyl (C=O) groups excluding carboxylic acids is 2. The Kier molecular flexibility index (Phi) is 4.73. The largest absolute Gasteiger partial charge is 0.502 e. The van der Waals surface area contributed by atoms with Crippen molar-refractivity contribution >= 4 is 35.2 Å². The number of amides is 2. The fourth-order valence-corrected chi connectivity index (χ4v) is 2.62. The predicted molar refractivity (Wildman–Crippen MR) is 96.3 cm³/mol. The quantitative estimate of drug-likeness (QED) is 0.634. The monoisotopic (exact) mass is 374 g/mol. The summed E-state index contributed by atoms with van der Waals surface area (Å²) in [6.07, 6.45) is 1.40. The van der Waals surface area contributed by atoms with Crippen molar-refractivity contribution in [3.63, 3.8) is 0 Å². The lowest BCUT2D eigenvalue weighted by Gasteiger charge is -2.14. The number of phenolic OH excluding ortho intramolecular Hbond substituents is 1. The molecule has 1 aliphatic heterocycles. The van der Waals surface area contributed by atoms with Gasteiger partial charge in [-0.1, -0.05) is 11.6 Å². The van der Waals surface area contributed by atoms with E-state index < -0.39 is 11.8 Å². The summed E-state index contributed by atoms with van der Waals surface area (Å²) < 4.78 is 10.2. The number of methoxy groups -OCH3 is 2. The fraction of sp³-hybridized carbons (Fsp3) is 0.111. The summed E-state index contributed by atoms with van der Waals surface area (Å²) in [5, 5.41) is 11.6. The number of hydrazine groups is 1. The fourth-order valence-electron chi connectivity index (χ4n) is 2.49. The molecule has 7 nitrogen and oxygen atoms in total. The van der Waals surface area contributed by atoms with Crippen molar-refractivity contribution in [2.24, 2.45) is 0 Å². The first-order valence-electron chi connectivity index (χ1n) is 7.52. The van der Waals surface area contributed by atoms with Crippen molar-refractivity contribution in [2.45, 2.75) is 0 Å². The highest BCUT2D eigenvalue weighted by atomic mass is 35.5. The third-order valence-electron chi connectivity index (χ3n) is 3.79. The van der Waals surface area contributed by atoms with Gasteiger partial charge in [0.05, 0.1) is 19.9 Å². The number of rotatable bonds is 4. The van der Waals surface area contributed by atoms with E-state index in [1.807, 2.05) is 0 Å². The molecular weight excluding hydrogens is 360 g/mol.